The SMILES string of the molecule is O=C1N2C(CCC2c2cc(F)cc(F)c2)OC12CCN(Cc1nc3ccccc3s1)CC2. The van der Waals surface area contributed by atoms with Crippen LogP contribution in [0.5, 0.6) is 0 Å². The number of para-hydroxylation sites is 1. The Morgan fingerprint density at radius 2 is 1.84 bits per heavy atom. The number of halogens is 2. The molecule has 5 nitrogen and oxygen atoms in total. The number of piperidine rings is 1. The van der Waals surface area contributed by atoms with Crippen LogP contribution in [-0.2, 0) is 16.1 Å². The zero-order valence-corrected chi connectivity index (χ0v) is 18.3. The van der Waals surface area contributed by atoms with Crippen LogP contribution in [0.1, 0.15) is 42.3 Å². The quantitative estimate of drug-likeness (QED) is 0.578. The standard InChI is InChI=1S/C24H23F2N3O2S/c25-16-11-15(12-17(26)13-16)19-5-6-22-29(19)23(30)24(31-22)7-9-28(10-8-24)14-21-27-18-3-1-2-4-20(18)32-21/h1-4,11-13,19,22H,5-10,14H2. The first-order chi connectivity index (χ1) is 15.5. The molecular formula is C24H23F2N3O2S. The number of hydrogen-bond acceptors (Lipinski definition) is 5. The zero-order valence-electron chi connectivity index (χ0n) is 17.5. The first kappa shape index (κ1) is 20.2. The van der Waals surface area contributed by atoms with Crippen molar-refractivity contribution in [1.82, 2.24) is 14.8 Å². The van der Waals surface area contributed by atoms with Crippen molar-refractivity contribution in [3.05, 3.63) is 64.7 Å². The summed E-state index contributed by atoms with van der Waals surface area (Å²) in [5.41, 5.74) is 0.710. The van der Waals surface area contributed by atoms with E-state index in [-0.39, 0.29) is 18.2 Å². The number of carbonyl (C=O) groups is 1. The molecule has 3 aromatic rings. The van der Waals surface area contributed by atoms with Crippen molar-refractivity contribution in [2.45, 2.75) is 50.1 Å². The highest BCUT2D eigenvalue weighted by Gasteiger charge is 2.57. The Labute approximate surface area is 188 Å². The molecule has 3 aliphatic rings. The molecule has 32 heavy (non-hydrogen) atoms. The summed E-state index contributed by atoms with van der Waals surface area (Å²) in [6.07, 6.45) is 2.27. The first-order valence-corrected chi connectivity index (χ1v) is 11.9. The molecule has 3 saturated heterocycles. The van der Waals surface area contributed by atoms with Gasteiger partial charge in [0.1, 0.15) is 22.9 Å². The van der Waals surface area contributed by atoms with Crippen LogP contribution in [0, 0.1) is 11.6 Å². The van der Waals surface area contributed by atoms with E-state index >= 15 is 0 Å². The lowest BCUT2D eigenvalue weighted by Crippen LogP contribution is -2.50. The lowest BCUT2D eigenvalue weighted by atomic mass is 9.89. The van der Waals surface area contributed by atoms with E-state index in [2.05, 4.69) is 11.0 Å². The Kier molecular flexibility index (Phi) is 4.78. The molecule has 1 amide bonds. The van der Waals surface area contributed by atoms with E-state index in [1.54, 1.807) is 16.2 Å². The number of rotatable bonds is 3. The molecule has 3 aliphatic heterocycles. The van der Waals surface area contributed by atoms with Gasteiger partial charge in [-0.15, -0.1) is 11.3 Å². The Morgan fingerprint density at radius 1 is 1.09 bits per heavy atom. The minimum absolute atomic E-state index is 0.0330. The lowest BCUT2D eigenvalue weighted by molar-refractivity contribution is -0.143. The average molecular weight is 456 g/mol. The molecule has 0 saturated carbocycles. The van der Waals surface area contributed by atoms with Gasteiger partial charge in [0.05, 0.1) is 22.8 Å². The van der Waals surface area contributed by atoms with Crippen molar-refractivity contribution in [2.24, 2.45) is 0 Å². The van der Waals surface area contributed by atoms with Crippen LogP contribution >= 0.6 is 11.3 Å². The third-order valence-corrected chi connectivity index (χ3v) is 7.97. The second kappa shape index (κ2) is 7.57. The van der Waals surface area contributed by atoms with Crippen molar-refractivity contribution in [1.29, 1.82) is 0 Å². The van der Waals surface area contributed by atoms with Crippen LogP contribution in [-0.4, -0.2) is 45.6 Å². The molecule has 1 spiro atoms. The number of likely N-dealkylation sites (tertiary alicyclic amines) is 1. The van der Waals surface area contributed by atoms with E-state index in [4.69, 9.17) is 9.72 Å². The fourth-order valence-corrected chi connectivity index (χ4v) is 6.40. The van der Waals surface area contributed by atoms with Crippen molar-refractivity contribution >= 4 is 27.5 Å². The van der Waals surface area contributed by atoms with Crippen LogP contribution in [0.15, 0.2) is 42.5 Å². The van der Waals surface area contributed by atoms with E-state index in [1.165, 1.54) is 16.8 Å². The third-order valence-electron chi connectivity index (χ3n) is 6.95. The number of carbonyl (C=O) groups excluding carboxylic acids is 1. The Bertz CT molecular complexity index is 1140. The fourth-order valence-electron chi connectivity index (χ4n) is 5.39. The van der Waals surface area contributed by atoms with Gasteiger partial charge in [0.15, 0.2) is 5.60 Å². The molecular weight excluding hydrogens is 432 g/mol. The largest absolute Gasteiger partial charge is 0.342 e. The molecule has 3 fully saturated rings. The molecule has 1 aromatic heterocycles. The predicted molar refractivity (Wildman–Crippen MR) is 117 cm³/mol. The van der Waals surface area contributed by atoms with Gasteiger partial charge >= 0.3 is 0 Å². The van der Waals surface area contributed by atoms with E-state index in [0.29, 0.717) is 31.2 Å². The minimum atomic E-state index is -0.820. The number of nitrogens with zero attached hydrogens (tertiary/aromatic N) is 3. The molecule has 2 unspecified atom stereocenters. The van der Waals surface area contributed by atoms with Crippen molar-refractivity contribution in [3.63, 3.8) is 0 Å². The number of thiazole rings is 1. The molecule has 0 aliphatic carbocycles. The highest BCUT2D eigenvalue weighted by Crippen LogP contribution is 2.47. The van der Waals surface area contributed by atoms with Gasteiger partial charge < -0.3 is 9.64 Å². The maximum atomic E-state index is 13.8. The summed E-state index contributed by atoms with van der Waals surface area (Å²) in [6.45, 7) is 2.27. The van der Waals surface area contributed by atoms with Gasteiger partial charge in [0.25, 0.3) is 5.91 Å². The minimum Gasteiger partial charge on any atom is -0.342 e. The number of benzene rings is 2. The van der Waals surface area contributed by atoms with Crippen LogP contribution in [0.25, 0.3) is 10.2 Å². The molecule has 0 bridgehead atoms. The van der Waals surface area contributed by atoms with Crippen molar-refractivity contribution in [3.8, 4) is 0 Å². The van der Waals surface area contributed by atoms with Gasteiger partial charge in [-0.3, -0.25) is 9.69 Å². The summed E-state index contributed by atoms with van der Waals surface area (Å²) in [6, 6.07) is 11.3. The molecule has 6 rings (SSSR count). The molecule has 0 radical (unpaired) electrons. The van der Waals surface area contributed by atoms with Crippen LogP contribution < -0.4 is 0 Å². The van der Waals surface area contributed by atoms with E-state index in [9.17, 15) is 13.6 Å². The number of ether oxygens (including phenoxy) is 1. The Hall–Kier alpha value is -2.42. The van der Waals surface area contributed by atoms with Gasteiger partial charge in [0.2, 0.25) is 0 Å². The van der Waals surface area contributed by atoms with Crippen LogP contribution in [0.3, 0.4) is 0 Å². The normalized spacial score (nSPS) is 25.2. The Morgan fingerprint density at radius 3 is 2.59 bits per heavy atom. The molecule has 0 N–H and O–H groups in total. The summed E-state index contributed by atoms with van der Waals surface area (Å²) >= 11 is 1.71. The second-order valence-corrected chi connectivity index (χ2v) is 10.0. The van der Waals surface area contributed by atoms with E-state index < -0.39 is 17.2 Å². The number of hydrogen-bond donors (Lipinski definition) is 0. The smallest absolute Gasteiger partial charge is 0.257 e. The van der Waals surface area contributed by atoms with E-state index in [0.717, 1.165) is 36.2 Å². The maximum absolute atomic E-state index is 13.8. The maximum Gasteiger partial charge on any atom is 0.257 e. The number of fused-ring (bicyclic) bond motifs is 2. The van der Waals surface area contributed by atoms with E-state index in [1.807, 2.05) is 18.2 Å². The van der Waals surface area contributed by atoms with Gasteiger partial charge in [-0.25, -0.2) is 13.8 Å². The molecule has 4 heterocycles. The molecule has 166 valence electrons. The molecule has 2 atom stereocenters. The molecule has 2 aromatic carbocycles. The van der Waals surface area contributed by atoms with Crippen LogP contribution in [0.4, 0.5) is 8.78 Å². The predicted octanol–water partition coefficient (Wildman–Crippen LogP) is 4.63. The summed E-state index contributed by atoms with van der Waals surface area (Å²) in [4.78, 5) is 22.3. The second-order valence-electron chi connectivity index (χ2n) is 8.93. The summed E-state index contributed by atoms with van der Waals surface area (Å²) in [5, 5.41) is 1.08. The van der Waals surface area contributed by atoms with Gasteiger partial charge in [-0.2, -0.15) is 0 Å². The monoisotopic (exact) mass is 455 g/mol. The zero-order chi connectivity index (χ0) is 21.9. The summed E-state index contributed by atoms with van der Waals surface area (Å²) < 4.78 is 35.1. The van der Waals surface area contributed by atoms with Gasteiger partial charge in [-0.1, -0.05) is 12.1 Å². The Balaban J connectivity index is 1.16. The fraction of sp³-hybridized carbons (Fsp3) is 0.417. The topological polar surface area (TPSA) is 45.7 Å². The number of amides is 1. The highest BCUT2D eigenvalue weighted by atomic mass is 32.1. The highest BCUT2D eigenvalue weighted by molar-refractivity contribution is 7.18. The summed E-state index contributed by atoms with van der Waals surface area (Å²) in [7, 11) is 0. The average Bonchev–Trinajstić information content (AvgIpc) is 3.43. The van der Waals surface area contributed by atoms with Gasteiger partial charge in [-0.05, 0) is 55.5 Å². The third kappa shape index (κ3) is 3.32. The molecule has 8 heteroatoms. The van der Waals surface area contributed by atoms with Crippen molar-refractivity contribution in [2.75, 3.05) is 13.1 Å². The van der Waals surface area contributed by atoms with Crippen LogP contribution in [0.2, 0.25) is 0 Å². The van der Waals surface area contributed by atoms with Crippen molar-refractivity contribution < 1.29 is 18.3 Å². The number of aromatic nitrogens is 1. The lowest BCUT2D eigenvalue weighted by Gasteiger charge is -2.37. The first-order valence-electron chi connectivity index (χ1n) is 11.0. The summed E-state index contributed by atoms with van der Waals surface area (Å²) in [5.74, 6) is -1.27. The van der Waals surface area contributed by atoms with Gasteiger partial charge in [0, 0.05) is 19.2 Å².